The summed E-state index contributed by atoms with van der Waals surface area (Å²) < 4.78 is 60.5. The quantitative estimate of drug-likeness (QED) is 0.835. The molecule has 100 valence electrons. The number of rotatable bonds is 4. The summed E-state index contributed by atoms with van der Waals surface area (Å²) in [5, 5.41) is 2.01. The molecule has 0 aromatic heterocycles. The van der Waals surface area contributed by atoms with E-state index < -0.39 is 31.0 Å². The molecule has 7 heteroatoms. The number of benzene rings is 1. The van der Waals surface area contributed by atoms with Crippen molar-refractivity contribution in [3.8, 4) is 0 Å². The first kappa shape index (κ1) is 14.4. The third-order valence-corrected chi connectivity index (χ3v) is 2.18. The molecule has 0 aliphatic carbocycles. The van der Waals surface area contributed by atoms with E-state index in [2.05, 4.69) is 0 Å². The standard InChI is InChI=1S/C11H10F5NO/c12-10(13,11(14,15)16)6-7-17-9(18)8-4-2-1-3-5-8/h1-5H,6-7H2,(H,17,18). The van der Waals surface area contributed by atoms with Gasteiger partial charge in [0, 0.05) is 18.5 Å². The number of carbonyl (C=O) groups excluding carboxylic acids is 1. The van der Waals surface area contributed by atoms with Gasteiger partial charge in [-0.1, -0.05) is 18.2 Å². The Morgan fingerprint density at radius 2 is 1.61 bits per heavy atom. The van der Waals surface area contributed by atoms with E-state index in [0.29, 0.717) is 0 Å². The molecule has 1 rings (SSSR count). The Morgan fingerprint density at radius 3 is 2.11 bits per heavy atom. The van der Waals surface area contributed by atoms with E-state index in [1.165, 1.54) is 12.1 Å². The molecule has 0 bridgehead atoms. The molecule has 1 aromatic rings. The lowest BCUT2D eigenvalue weighted by molar-refractivity contribution is -0.283. The predicted octanol–water partition coefficient (Wildman–Crippen LogP) is 3.00. The molecule has 1 amide bonds. The van der Waals surface area contributed by atoms with Crippen LogP contribution < -0.4 is 5.32 Å². The monoisotopic (exact) mass is 267 g/mol. The van der Waals surface area contributed by atoms with Gasteiger partial charge in [0.05, 0.1) is 0 Å². The zero-order valence-electron chi connectivity index (χ0n) is 9.10. The molecule has 0 radical (unpaired) electrons. The van der Waals surface area contributed by atoms with E-state index in [0.717, 1.165) is 0 Å². The molecule has 0 aliphatic heterocycles. The minimum atomic E-state index is -5.59. The summed E-state index contributed by atoms with van der Waals surface area (Å²) in [5.41, 5.74) is 0.202. The minimum absolute atomic E-state index is 0.202. The van der Waals surface area contributed by atoms with Crippen molar-refractivity contribution in [3.05, 3.63) is 35.9 Å². The first-order valence-electron chi connectivity index (χ1n) is 5.02. The lowest BCUT2D eigenvalue weighted by atomic mass is 10.2. The Balaban J connectivity index is 2.46. The molecule has 18 heavy (non-hydrogen) atoms. The number of hydrogen-bond acceptors (Lipinski definition) is 1. The summed E-state index contributed by atoms with van der Waals surface area (Å²) in [4.78, 5) is 11.3. The maximum atomic E-state index is 12.5. The Morgan fingerprint density at radius 1 is 1.06 bits per heavy atom. The number of alkyl halides is 5. The molecular weight excluding hydrogens is 257 g/mol. The van der Waals surface area contributed by atoms with Gasteiger partial charge in [0.25, 0.3) is 5.91 Å². The average molecular weight is 267 g/mol. The van der Waals surface area contributed by atoms with E-state index in [1.54, 1.807) is 18.2 Å². The molecule has 0 spiro atoms. The molecule has 0 atom stereocenters. The Labute approximate surface area is 99.8 Å². The van der Waals surface area contributed by atoms with Crippen molar-refractivity contribution in [2.75, 3.05) is 6.54 Å². The first-order valence-corrected chi connectivity index (χ1v) is 5.02. The van der Waals surface area contributed by atoms with Crippen molar-refractivity contribution in [2.45, 2.75) is 18.5 Å². The zero-order chi connectivity index (χ0) is 13.8. The van der Waals surface area contributed by atoms with Crippen LogP contribution in [0.15, 0.2) is 30.3 Å². The molecule has 0 aliphatic rings. The van der Waals surface area contributed by atoms with E-state index in [-0.39, 0.29) is 5.56 Å². The van der Waals surface area contributed by atoms with Crippen LogP contribution in [0.5, 0.6) is 0 Å². The van der Waals surface area contributed by atoms with Gasteiger partial charge in [-0.15, -0.1) is 0 Å². The van der Waals surface area contributed by atoms with Crippen molar-refractivity contribution >= 4 is 5.91 Å². The summed E-state index contributed by atoms with van der Waals surface area (Å²) in [7, 11) is 0. The summed E-state index contributed by atoms with van der Waals surface area (Å²) >= 11 is 0. The highest BCUT2D eigenvalue weighted by molar-refractivity contribution is 5.94. The molecule has 1 N–H and O–H groups in total. The highest BCUT2D eigenvalue weighted by atomic mass is 19.4. The van der Waals surface area contributed by atoms with Crippen molar-refractivity contribution in [2.24, 2.45) is 0 Å². The molecule has 0 heterocycles. The van der Waals surface area contributed by atoms with E-state index in [1.807, 2.05) is 5.32 Å². The number of carbonyl (C=O) groups is 1. The second-order valence-corrected chi connectivity index (χ2v) is 3.57. The van der Waals surface area contributed by atoms with Crippen LogP contribution in [0.1, 0.15) is 16.8 Å². The van der Waals surface area contributed by atoms with Gasteiger partial charge in [-0.3, -0.25) is 4.79 Å². The highest BCUT2D eigenvalue weighted by Gasteiger charge is 2.56. The number of hydrogen-bond donors (Lipinski definition) is 1. The van der Waals surface area contributed by atoms with Crippen LogP contribution in [0, 0.1) is 0 Å². The van der Waals surface area contributed by atoms with E-state index >= 15 is 0 Å². The summed E-state index contributed by atoms with van der Waals surface area (Å²) in [6.45, 7) is -0.750. The minimum Gasteiger partial charge on any atom is -0.352 e. The van der Waals surface area contributed by atoms with Gasteiger partial charge < -0.3 is 5.32 Å². The van der Waals surface area contributed by atoms with Crippen molar-refractivity contribution in [1.82, 2.24) is 5.32 Å². The van der Waals surface area contributed by atoms with Crippen molar-refractivity contribution < 1.29 is 26.7 Å². The average Bonchev–Trinajstić information content (AvgIpc) is 2.28. The number of amides is 1. The lowest BCUT2D eigenvalue weighted by Crippen LogP contribution is -2.40. The van der Waals surface area contributed by atoms with Gasteiger partial charge in [-0.05, 0) is 12.1 Å². The van der Waals surface area contributed by atoms with Crippen LogP contribution in [-0.4, -0.2) is 24.6 Å². The fraction of sp³-hybridized carbons (Fsp3) is 0.364. The van der Waals surface area contributed by atoms with Gasteiger partial charge >= 0.3 is 12.1 Å². The zero-order valence-corrected chi connectivity index (χ0v) is 9.10. The van der Waals surface area contributed by atoms with Gasteiger partial charge in [0.2, 0.25) is 0 Å². The fourth-order valence-electron chi connectivity index (χ4n) is 1.17. The molecular formula is C11H10F5NO. The first-order chi connectivity index (χ1) is 8.24. The van der Waals surface area contributed by atoms with Gasteiger partial charge in [0.1, 0.15) is 0 Å². The van der Waals surface area contributed by atoms with E-state index in [9.17, 15) is 26.7 Å². The summed E-state index contributed by atoms with van der Waals surface area (Å²) in [6.07, 6.45) is -7.07. The molecule has 2 nitrogen and oxygen atoms in total. The van der Waals surface area contributed by atoms with Crippen molar-refractivity contribution in [3.63, 3.8) is 0 Å². The molecule has 0 saturated heterocycles. The molecule has 0 saturated carbocycles. The smallest absolute Gasteiger partial charge is 0.352 e. The topological polar surface area (TPSA) is 29.1 Å². The van der Waals surface area contributed by atoms with Crippen LogP contribution in [0.4, 0.5) is 22.0 Å². The second-order valence-electron chi connectivity index (χ2n) is 3.57. The van der Waals surface area contributed by atoms with Crippen molar-refractivity contribution in [1.29, 1.82) is 0 Å². The van der Waals surface area contributed by atoms with Gasteiger partial charge in [-0.25, -0.2) is 0 Å². The SMILES string of the molecule is O=C(NCCC(F)(F)C(F)(F)F)c1ccccc1. The lowest BCUT2D eigenvalue weighted by Gasteiger charge is -2.19. The van der Waals surface area contributed by atoms with Crippen LogP contribution >= 0.6 is 0 Å². The third kappa shape index (κ3) is 3.68. The highest BCUT2D eigenvalue weighted by Crippen LogP contribution is 2.37. The Kier molecular flexibility index (Phi) is 4.26. The van der Waals surface area contributed by atoms with Crippen LogP contribution in [0.25, 0.3) is 0 Å². The van der Waals surface area contributed by atoms with Crippen LogP contribution in [-0.2, 0) is 0 Å². The maximum absolute atomic E-state index is 12.5. The summed E-state index contributed by atoms with van der Waals surface area (Å²) in [6, 6.07) is 7.61. The molecule has 0 unspecified atom stereocenters. The number of nitrogens with one attached hydrogen (secondary N) is 1. The normalized spacial score (nSPS) is 12.3. The maximum Gasteiger partial charge on any atom is 0.453 e. The van der Waals surface area contributed by atoms with Gasteiger partial charge in [0.15, 0.2) is 0 Å². The predicted molar refractivity (Wildman–Crippen MR) is 54.4 cm³/mol. The Bertz CT molecular complexity index is 402. The third-order valence-electron chi connectivity index (χ3n) is 2.18. The van der Waals surface area contributed by atoms with Crippen LogP contribution in [0.3, 0.4) is 0 Å². The second kappa shape index (κ2) is 5.32. The van der Waals surface area contributed by atoms with Gasteiger partial charge in [-0.2, -0.15) is 22.0 Å². The largest absolute Gasteiger partial charge is 0.453 e. The Hall–Kier alpha value is -1.66. The molecule has 1 aromatic carbocycles. The van der Waals surface area contributed by atoms with E-state index in [4.69, 9.17) is 0 Å². The molecule has 0 fully saturated rings. The summed E-state index contributed by atoms with van der Waals surface area (Å²) in [5.74, 6) is -5.48. The van der Waals surface area contributed by atoms with Crippen LogP contribution in [0.2, 0.25) is 0 Å². The number of halogens is 5. The fourth-order valence-corrected chi connectivity index (χ4v) is 1.17.